The van der Waals surface area contributed by atoms with Crippen molar-refractivity contribution < 1.29 is 4.42 Å². The molecule has 0 amide bonds. The van der Waals surface area contributed by atoms with Crippen molar-refractivity contribution in [2.45, 2.75) is 0 Å². The van der Waals surface area contributed by atoms with E-state index in [-0.39, 0.29) is 0 Å². The zero-order valence-electron chi connectivity index (χ0n) is 9.61. The Bertz CT molecular complexity index is 471. The van der Waals surface area contributed by atoms with Crippen molar-refractivity contribution in [3.63, 3.8) is 0 Å². The summed E-state index contributed by atoms with van der Waals surface area (Å²) in [6, 6.07) is 8.10. The molecule has 0 aliphatic rings. The normalized spacial score (nSPS) is 10.7. The topological polar surface area (TPSA) is 19.6 Å². The Balaban J connectivity index is 2.75. The summed E-state index contributed by atoms with van der Waals surface area (Å²) in [7, 11) is 8.05. The van der Waals surface area contributed by atoms with Crippen molar-refractivity contribution in [3.8, 4) is 0 Å². The first-order valence-corrected chi connectivity index (χ1v) is 4.97. The Morgan fingerprint density at radius 3 is 2.20 bits per heavy atom. The molecule has 2 aromatic rings. The molecule has 1 aromatic heterocycles. The molecule has 0 unspecified atom stereocenters. The van der Waals surface area contributed by atoms with Crippen molar-refractivity contribution in [1.29, 1.82) is 0 Å². The summed E-state index contributed by atoms with van der Waals surface area (Å²) in [5.41, 5.74) is 2.07. The number of fused-ring (bicyclic) bond motifs is 1. The second kappa shape index (κ2) is 3.50. The van der Waals surface area contributed by atoms with Gasteiger partial charge in [-0.3, -0.25) is 0 Å². The third kappa shape index (κ3) is 1.54. The van der Waals surface area contributed by atoms with Gasteiger partial charge in [0.1, 0.15) is 11.3 Å². The van der Waals surface area contributed by atoms with E-state index in [0.717, 1.165) is 22.5 Å². The predicted molar refractivity (Wildman–Crippen MR) is 64.9 cm³/mol. The lowest BCUT2D eigenvalue weighted by Crippen LogP contribution is -2.15. The van der Waals surface area contributed by atoms with Gasteiger partial charge >= 0.3 is 0 Å². The quantitative estimate of drug-likeness (QED) is 0.749. The molecule has 0 aliphatic carbocycles. The molecule has 0 atom stereocenters. The van der Waals surface area contributed by atoms with Gasteiger partial charge in [0.2, 0.25) is 5.88 Å². The molecule has 0 aliphatic heterocycles. The van der Waals surface area contributed by atoms with Crippen LogP contribution in [0.25, 0.3) is 11.0 Å². The minimum atomic E-state index is 0.904. The van der Waals surface area contributed by atoms with Gasteiger partial charge in [-0.2, -0.15) is 0 Å². The maximum absolute atomic E-state index is 5.81. The van der Waals surface area contributed by atoms with Crippen LogP contribution in [0.15, 0.2) is 28.7 Å². The molecule has 0 N–H and O–H groups in total. The summed E-state index contributed by atoms with van der Waals surface area (Å²) in [4.78, 5) is 4.08. The van der Waals surface area contributed by atoms with Gasteiger partial charge in [-0.05, 0) is 12.1 Å². The molecular weight excluding hydrogens is 188 g/mol. The minimum Gasteiger partial charge on any atom is -0.438 e. The highest BCUT2D eigenvalue weighted by Gasteiger charge is 2.16. The summed E-state index contributed by atoms with van der Waals surface area (Å²) in [6.45, 7) is 0. The number of benzene rings is 1. The van der Waals surface area contributed by atoms with Gasteiger partial charge in [0.25, 0.3) is 0 Å². The van der Waals surface area contributed by atoms with Crippen LogP contribution in [0.2, 0.25) is 0 Å². The molecule has 0 spiro atoms. The van der Waals surface area contributed by atoms with Gasteiger partial charge < -0.3 is 14.2 Å². The van der Waals surface area contributed by atoms with Crippen molar-refractivity contribution in [2.24, 2.45) is 0 Å². The van der Waals surface area contributed by atoms with Crippen LogP contribution < -0.4 is 9.80 Å². The average Bonchev–Trinajstić information content (AvgIpc) is 2.56. The van der Waals surface area contributed by atoms with Gasteiger partial charge in [-0.25, -0.2) is 0 Å². The summed E-state index contributed by atoms with van der Waals surface area (Å²) in [5, 5.41) is 1.16. The Morgan fingerprint density at radius 1 is 0.933 bits per heavy atom. The molecule has 0 radical (unpaired) electrons. The molecule has 3 heteroatoms. The van der Waals surface area contributed by atoms with Gasteiger partial charge in [0, 0.05) is 33.6 Å². The van der Waals surface area contributed by atoms with Crippen LogP contribution in [0, 0.1) is 0 Å². The van der Waals surface area contributed by atoms with E-state index in [2.05, 4.69) is 11.0 Å². The molecule has 80 valence electrons. The van der Waals surface area contributed by atoms with Gasteiger partial charge in [0.15, 0.2) is 0 Å². The van der Waals surface area contributed by atoms with E-state index in [4.69, 9.17) is 4.42 Å². The maximum atomic E-state index is 5.81. The van der Waals surface area contributed by atoms with Crippen LogP contribution in [0.1, 0.15) is 0 Å². The highest BCUT2D eigenvalue weighted by molar-refractivity contribution is 5.97. The third-order valence-corrected chi connectivity index (χ3v) is 2.40. The second-order valence-electron chi connectivity index (χ2n) is 4.04. The van der Waals surface area contributed by atoms with E-state index in [1.807, 2.05) is 51.3 Å². The van der Waals surface area contributed by atoms with E-state index < -0.39 is 0 Å². The second-order valence-corrected chi connectivity index (χ2v) is 4.04. The van der Waals surface area contributed by atoms with E-state index in [9.17, 15) is 0 Å². The van der Waals surface area contributed by atoms with E-state index in [1.54, 1.807) is 0 Å². The number of para-hydroxylation sites is 1. The molecule has 2 rings (SSSR count). The number of rotatable bonds is 2. The van der Waals surface area contributed by atoms with Crippen molar-refractivity contribution in [2.75, 3.05) is 38.0 Å². The predicted octanol–water partition coefficient (Wildman–Crippen LogP) is 2.56. The van der Waals surface area contributed by atoms with Crippen molar-refractivity contribution >= 4 is 22.5 Å². The summed E-state index contributed by atoms with van der Waals surface area (Å²) < 4.78 is 5.81. The fraction of sp³-hybridized carbons (Fsp3) is 0.333. The fourth-order valence-corrected chi connectivity index (χ4v) is 1.75. The fourth-order valence-electron chi connectivity index (χ4n) is 1.75. The van der Waals surface area contributed by atoms with Gasteiger partial charge in [-0.15, -0.1) is 0 Å². The zero-order valence-corrected chi connectivity index (χ0v) is 9.61. The largest absolute Gasteiger partial charge is 0.438 e. The lowest BCUT2D eigenvalue weighted by atomic mass is 10.2. The van der Waals surface area contributed by atoms with E-state index >= 15 is 0 Å². The van der Waals surface area contributed by atoms with Gasteiger partial charge in [-0.1, -0.05) is 12.1 Å². The minimum absolute atomic E-state index is 0.904. The number of hydrogen-bond acceptors (Lipinski definition) is 3. The molecule has 0 saturated heterocycles. The Kier molecular flexibility index (Phi) is 2.31. The van der Waals surface area contributed by atoms with Crippen molar-refractivity contribution in [1.82, 2.24) is 0 Å². The van der Waals surface area contributed by atoms with Crippen LogP contribution in [0.5, 0.6) is 0 Å². The smallest absolute Gasteiger partial charge is 0.219 e. The van der Waals surface area contributed by atoms with Crippen molar-refractivity contribution in [3.05, 3.63) is 24.3 Å². The van der Waals surface area contributed by atoms with E-state index in [1.165, 1.54) is 0 Å². The van der Waals surface area contributed by atoms with Crippen LogP contribution in [0.3, 0.4) is 0 Å². The summed E-state index contributed by atoms with van der Waals surface area (Å²) in [5.74, 6) is 0.904. The lowest BCUT2D eigenvalue weighted by molar-refractivity contribution is 0.609. The number of anilines is 2. The molecule has 0 fully saturated rings. The Hall–Kier alpha value is -1.64. The standard InChI is InChI=1S/C12H16N2O/c1-13(2)11-9-7-5-6-8-10(9)15-12(11)14(3)4/h5-8H,1-4H3. The zero-order chi connectivity index (χ0) is 11.0. The van der Waals surface area contributed by atoms with Crippen LogP contribution >= 0.6 is 0 Å². The first-order chi connectivity index (χ1) is 7.11. The number of furan rings is 1. The lowest BCUT2D eigenvalue weighted by Gasteiger charge is -2.16. The molecule has 0 bridgehead atoms. The van der Waals surface area contributed by atoms with Crippen LogP contribution in [0.4, 0.5) is 11.6 Å². The Labute approximate surface area is 89.9 Å². The molecule has 3 nitrogen and oxygen atoms in total. The molecular formula is C12H16N2O. The first kappa shape index (κ1) is 9.90. The monoisotopic (exact) mass is 204 g/mol. The molecule has 0 saturated carbocycles. The SMILES string of the molecule is CN(C)c1oc2ccccc2c1N(C)C. The molecule has 1 aromatic carbocycles. The highest BCUT2D eigenvalue weighted by atomic mass is 16.4. The Morgan fingerprint density at radius 2 is 1.60 bits per heavy atom. The third-order valence-electron chi connectivity index (χ3n) is 2.40. The molecule has 15 heavy (non-hydrogen) atoms. The first-order valence-electron chi connectivity index (χ1n) is 4.97. The maximum Gasteiger partial charge on any atom is 0.219 e. The number of hydrogen-bond donors (Lipinski definition) is 0. The summed E-state index contributed by atoms with van der Waals surface area (Å²) in [6.07, 6.45) is 0. The van der Waals surface area contributed by atoms with Gasteiger partial charge in [0.05, 0.1) is 0 Å². The average molecular weight is 204 g/mol. The highest BCUT2D eigenvalue weighted by Crippen LogP contribution is 2.37. The van der Waals surface area contributed by atoms with E-state index in [0.29, 0.717) is 0 Å². The number of nitrogens with zero attached hydrogens (tertiary/aromatic N) is 2. The van der Waals surface area contributed by atoms with Crippen LogP contribution in [-0.4, -0.2) is 28.2 Å². The molecule has 1 heterocycles. The van der Waals surface area contributed by atoms with Crippen LogP contribution in [-0.2, 0) is 0 Å². The summed E-state index contributed by atoms with van der Waals surface area (Å²) >= 11 is 0.